The van der Waals surface area contributed by atoms with Crippen LogP contribution in [0.5, 0.6) is 5.75 Å². The van der Waals surface area contributed by atoms with E-state index < -0.39 is 10.8 Å². The van der Waals surface area contributed by atoms with E-state index in [1.807, 2.05) is 6.07 Å². The second kappa shape index (κ2) is 11.2. The molecule has 0 saturated heterocycles. The zero-order valence-electron chi connectivity index (χ0n) is 17.0. The van der Waals surface area contributed by atoms with Crippen molar-refractivity contribution in [3.8, 4) is 11.8 Å². The fraction of sp³-hybridized carbons (Fsp3) is 0.0435. The first kappa shape index (κ1) is 25.3. The molecule has 0 unspecified atom stereocenters. The predicted molar refractivity (Wildman–Crippen MR) is 133 cm³/mol. The summed E-state index contributed by atoms with van der Waals surface area (Å²) in [7, 11) is 0. The van der Waals surface area contributed by atoms with E-state index in [-0.39, 0.29) is 49.4 Å². The van der Waals surface area contributed by atoms with Crippen LogP contribution in [0.1, 0.15) is 11.1 Å². The summed E-state index contributed by atoms with van der Waals surface area (Å²) in [4.78, 5) is 22.8. The summed E-state index contributed by atoms with van der Waals surface area (Å²) in [6.07, 6.45) is 1.31. The average molecular weight is 537 g/mol. The summed E-state index contributed by atoms with van der Waals surface area (Å²) in [5.74, 6) is -0.509. The molecule has 1 amide bonds. The largest absolute Gasteiger partial charge is 0.486 e. The molecule has 0 heterocycles. The zero-order valence-corrected chi connectivity index (χ0v) is 20.0. The molecule has 0 aromatic heterocycles. The number of nitro groups is 1. The molecular weight excluding hydrogens is 524 g/mol. The molecule has 172 valence electrons. The highest BCUT2D eigenvalue weighted by molar-refractivity contribution is 6.44. The van der Waals surface area contributed by atoms with Gasteiger partial charge in [-0.05, 0) is 53.6 Å². The number of halogens is 4. The first-order valence-corrected chi connectivity index (χ1v) is 10.9. The van der Waals surface area contributed by atoms with Crippen molar-refractivity contribution in [3.63, 3.8) is 0 Å². The number of nitro benzene ring substituents is 1. The highest BCUT2D eigenvalue weighted by atomic mass is 35.5. The van der Waals surface area contributed by atoms with Gasteiger partial charge in [0.15, 0.2) is 5.75 Å². The van der Waals surface area contributed by atoms with Gasteiger partial charge in [-0.2, -0.15) is 5.26 Å². The van der Waals surface area contributed by atoms with E-state index >= 15 is 0 Å². The molecule has 7 nitrogen and oxygen atoms in total. The normalized spacial score (nSPS) is 11.0. The van der Waals surface area contributed by atoms with Crippen LogP contribution in [0.4, 0.5) is 11.4 Å². The van der Waals surface area contributed by atoms with E-state index in [2.05, 4.69) is 5.32 Å². The number of rotatable bonds is 7. The van der Waals surface area contributed by atoms with E-state index in [1.165, 1.54) is 30.3 Å². The Morgan fingerprint density at radius 3 is 2.29 bits per heavy atom. The number of hydrogen-bond donors (Lipinski definition) is 1. The first-order chi connectivity index (χ1) is 16.2. The van der Waals surface area contributed by atoms with Gasteiger partial charge in [-0.15, -0.1) is 0 Å². The lowest BCUT2D eigenvalue weighted by Crippen LogP contribution is -2.13. The number of carbonyl (C=O) groups excluding carboxylic acids is 1. The Hall–Kier alpha value is -3.28. The zero-order chi connectivity index (χ0) is 24.8. The Morgan fingerprint density at radius 2 is 1.71 bits per heavy atom. The molecule has 3 rings (SSSR count). The van der Waals surface area contributed by atoms with Crippen molar-refractivity contribution < 1.29 is 14.5 Å². The number of ether oxygens (including phenoxy) is 1. The third-order valence-corrected chi connectivity index (χ3v) is 5.81. The van der Waals surface area contributed by atoms with Gasteiger partial charge in [-0.3, -0.25) is 14.9 Å². The summed E-state index contributed by atoms with van der Waals surface area (Å²) >= 11 is 24.6. The third kappa shape index (κ3) is 6.19. The Labute approximate surface area is 214 Å². The standard InChI is InChI=1S/C23H13Cl4N3O4/c24-17-2-1-3-20(21(17)27)29-23(31)15(11-28)8-14-9-18(25)22(19(26)10-14)34-12-13-4-6-16(7-5-13)30(32)33/h1-10H,12H2,(H,29,31)/b15-8-. The Bertz CT molecular complexity index is 1310. The van der Waals surface area contributed by atoms with Crippen molar-refractivity contribution in [2.24, 2.45) is 0 Å². The number of benzene rings is 3. The number of anilines is 1. The van der Waals surface area contributed by atoms with Crippen molar-refractivity contribution in [2.45, 2.75) is 6.61 Å². The number of non-ortho nitro benzene ring substituents is 1. The maximum Gasteiger partial charge on any atom is 0.269 e. The highest BCUT2D eigenvalue weighted by Crippen LogP contribution is 2.36. The van der Waals surface area contributed by atoms with Crippen LogP contribution in [0, 0.1) is 21.4 Å². The van der Waals surface area contributed by atoms with Crippen LogP contribution < -0.4 is 10.1 Å². The van der Waals surface area contributed by atoms with Crippen LogP contribution >= 0.6 is 46.4 Å². The highest BCUT2D eigenvalue weighted by Gasteiger charge is 2.15. The quantitative estimate of drug-likeness (QED) is 0.147. The lowest BCUT2D eigenvalue weighted by Gasteiger charge is -2.11. The van der Waals surface area contributed by atoms with Crippen LogP contribution in [0.25, 0.3) is 6.08 Å². The fourth-order valence-corrected chi connectivity index (χ4v) is 3.74. The maximum atomic E-state index is 12.5. The number of nitrogens with zero attached hydrogens (tertiary/aromatic N) is 2. The molecule has 3 aromatic rings. The molecule has 0 aliphatic rings. The van der Waals surface area contributed by atoms with Crippen molar-refractivity contribution in [3.05, 3.63) is 102 Å². The van der Waals surface area contributed by atoms with Gasteiger partial charge in [0.05, 0.1) is 30.7 Å². The third-order valence-electron chi connectivity index (χ3n) is 4.43. The van der Waals surface area contributed by atoms with Gasteiger partial charge < -0.3 is 10.1 Å². The maximum absolute atomic E-state index is 12.5. The first-order valence-electron chi connectivity index (χ1n) is 9.42. The molecule has 11 heteroatoms. The van der Waals surface area contributed by atoms with Gasteiger partial charge in [0.1, 0.15) is 18.2 Å². The molecule has 0 aliphatic heterocycles. The monoisotopic (exact) mass is 535 g/mol. The van der Waals surface area contributed by atoms with E-state index in [0.29, 0.717) is 11.1 Å². The molecular formula is C23H13Cl4N3O4. The van der Waals surface area contributed by atoms with Gasteiger partial charge >= 0.3 is 0 Å². The fourth-order valence-electron chi connectivity index (χ4n) is 2.78. The molecule has 0 spiro atoms. The van der Waals surface area contributed by atoms with E-state index in [4.69, 9.17) is 51.1 Å². The van der Waals surface area contributed by atoms with Crippen LogP contribution in [0.2, 0.25) is 20.1 Å². The molecule has 0 radical (unpaired) electrons. The lowest BCUT2D eigenvalue weighted by molar-refractivity contribution is -0.384. The SMILES string of the molecule is N#C/C(=C/c1cc(Cl)c(OCc2ccc([N+](=O)[O-])cc2)c(Cl)c1)C(=O)Nc1cccc(Cl)c1Cl. The van der Waals surface area contributed by atoms with Gasteiger partial charge in [0.25, 0.3) is 11.6 Å². The molecule has 0 bridgehead atoms. The van der Waals surface area contributed by atoms with Gasteiger partial charge in [-0.1, -0.05) is 52.5 Å². The van der Waals surface area contributed by atoms with Crippen molar-refractivity contribution in [1.82, 2.24) is 0 Å². The summed E-state index contributed by atoms with van der Waals surface area (Å²) in [6, 6.07) is 15.3. The number of hydrogen-bond acceptors (Lipinski definition) is 5. The van der Waals surface area contributed by atoms with E-state index in [0.717, 1.165) is 0 Å². The molecule has 3 aromatic carbocycles. The minimum Gasteiger partial charge on any atom is -0.486 e. The van der Waals surface area contributed by atoms with Crippen LogP contribution in [0.3, 0.4) is 0 Å². The van der Waals surface area contributed by atoms with Crippen molar-refractivity contribution in [1.29, 1.82) is 5.26 Å². The minimum absolute atomic E-state index is 0.0362. The predicted octanol–water partition coefficient (Wildman–Crippen LogP) is 7.33. The Morgan fingerprint density at radius 1 is 1.06 bits per heavy atom. The average Bonchev–Trinajstić information content (AvgIpc) is 2.80. The molecule has 1 N–H and O–H groups in total. The number of nitrogens with one attached hydrogen (secondary N) is 1. The Balaban J connectivity index is 1.76. The van der Waals surface area contributed by atoms with Gasteiger partial charge in [-0.25, -0.2) is 0 Å². The topological polar surface area (TPSA) is 105 Å². The Kier molecular flexibility index (Phi) is 8.37. The molecule has 0 atom stereocenters. The summed E-state index contributed by atoms with van der Waals surface area (Å²) < 4.78 is 5.67. The molecule has 0 fully saturated rings. The summed E-state index contributed by atoms with van der Waals surface area (Å²) in [6.45, 7) is 0.0683. The smallest absolute Gasteiger partial charge is 0.269 e. The second-order valence-corrected chi connectivity index (χ2v) is 8.35. The number of nitriles is 1. The van der Waals surface area contributed by atoms with Crippen molar-refractivity contribution in [2.75, 3.05) is 5.32 Å². The van der Waals surface area contributed by atoms with Crippen LogP contribution in [-0.4, -0.2) is 10.8 Å². The molecule has 0 saturated carbocycles. The number of carbonyl (C=O) groups is 1. The summed E-state index contributed by atoms with van der Waals surface area (Å²) in [5.41, 5.74) is 1.06. The van der Waals surface area contributed by atoms with Gasteiger partial charge in [0.2, 0.25) is 0 Å². The van der Waals surface area contributed by atoms with E-state index in [1.54, 1.807) is 30.3 Å². The minimum atomic E-state index is -0.697. The number of amides is 1. The molecule has 34 heavy (non-hydrogen) atoms. The lowest BCUT2D eigenvalue weighted by atomic mass is 10.1. The van der Waals surface area contributed by atoms with Crippen LogP contribution in [-0.2, 0) is 11.4 Å². The van der Waals surface area contributed by atoms with Crippen molar-refractivity contribution >= 4 is 69.8 Å². The molecule has 0 aliphatic carbocycles. The summed E-state index contributed by atoms with van der Waals surface area (Å²) in [5, 5.41) is 23.4. The van der Waals surface area contributed by atoms with Gasteiger partial charge in [0, 0.05) is 12.1 Å². The van der Waals surface area contributed by atoms with E-state index in [9.17, 15) is 20.2 Å². The van der Waals surface area contributed by atoms with Crippen LogP contribution in [0.15, 0.2) is 60.2 Å². The second-order valence-electron chi connectivity index (χ2n) is 6.75.